The number of urea groups is 1. The standard InChI is InChI=1S/C8H16N2O5/c1-14-4-3-9-8(13)10-6(5-15-2)7(11)12/h6H,3-5H2,1-2H3,(H,11,12)(H2,9,10,13). The molecule has 1 unspecified atom stereocenters. The van der Waals surface area contributed by atoms with Crippen molar-refractivity contribution in [1.29, 1.82) is 0 Å². The Bertz CT molecular complexity index is 209. The highest BCUT2D eigenvalue weighted by molar-refractivity contribution is 5.82. The fourth-order valence-corrected chi connectivity index (χ4v) is 0.817. The van der Waals surface area contributed by atoms with Crippen molar-refractivity contribution in [3.63, 3.8) is 0 Å². The van der Waals surface area contributed by atoms with E-state index in [9.17, 15) is 9.59 Å². The summed E-state index contributed by atoms with van der Waals surface area (Å²) in [5.74, 6) is -1.14. The molecule has 0 aliphatic carbocycles. The van der Waals surface area contributed by atoms with Crippen molar-refractivity contribution < 1.29 is 24.2 Å². The zero-order chi connectivity index (χ0) is 11.7. The quantitative estimate of drug-likeness (QED) is 0.480. The summed E-state index contributed by atoms with van der Waals surface area (Å²) < 4.78 is 9.35. The second kappa shape index (κ2) is 8.01. The van der Waals surface area contributed by atoms with Crippen molar-refractivity contribution in [2.75, 3.05) is 34.0 Å². The Labute approximate surface area is 87.7 Å². The molecule has 0 aliphatic heterocycles. The van der Waals surface area contributed by atoms with Gasteiger partial charge in [0.1, 0.15) is 0 Å². The van der Waals surface area contributed by atoms with Crippen molar-refractivity contribution in [2.24, 2.45) is 0 Å². The van der Waals surface area contributed by atoms with E-state index in [4.69, 9.17) is 9.84 Å². The van der Waals surface area contributed by atoms with Crippen LogP contribution in [0.2, 0.25) is 0 Å². The highest BCUT2D eigenvalue weighted by atomic mass is 16.5. The van der Waals surface area contributed by atoms with Crippen molar-refractivity contribution >= 4 is 12.0 Å². The molecule has 0 aromatic heterocycles. The topological polar surface area (TPSA) is 96.9 Å². The third kappa shape index (κ3) is 6.69. The smallest absolute Gasteiger partial charge is 0.328 e. The van der Waals surface area contributed by atoms with E-state index in [2.05, 4.69) is 15.4 Å². The molecule has 0 saturated heterocycles. The molecule has 15 heavy (non-hydrogen) atoms. The van der Waals surface area contributed by atoms with Crippen LogP contribution in [0, 0.1) is 0 Å². The molecular weight excluding hydrogens is 204 g/mol. The lowest BCUT2D eigenvalue weighted by molar-refractivity contribution is -0.140. The fraction of sp³-hybridized carbons (Fsp3) is 0.750. The number of carboxylic acids is 1. The first-order valence-electron chi connectivity index (χ1n) is 4.36. The van der Waals surface area contributed by atoms with Crippen LogP contribution in [0.5, 0.6) is 0 Å². The van der Waals surface area contributed by atoms with Gasteiger partial charge in [-0.05, 0) is 0 Å². The largest absolute Gasteiger partial charge is 0.480 e. The SMILES string of the molecule is COCCNC(=O)NC(COC)C(=O)O. The first-order valence-corrected chi connectivity index (χ1v) is 4.36. The molecule has 0 aromatic carbocycles. The Morgan fingerprint density at radius 1 is 1.33 bits per heavy atom. The molecule has 2 amide bonds. The van der Waals surface area contributed by atoms with Crippen molar-refractivity contribution in [2.45, 2.75) is 6.04 Å². The lowest BCUT2D eigenvalue weighted by Crippen LogP contribution is -2.48. The van der Waals surface area contributed by atoms with Gasteiger partial charge in [0.25, 0.3) is 0 Å². The molecule has 0 aliphatic rings. The molecule has 7 nitrogen and oxygen atoms in total. The minimum absolute atomic E-state index is 0.0764. The van der Waals surface area contributed by atoms with Crippen LogP contribution in [0.4, 0.5) is 4.79 Å². The van der Waals surface area contributed by atoms with E-state index in [0.717, 1.165) is 0 Å². The first-order chi connectivity index (χ1) is 7.11. The van der Waals surface area contributed by atoms with Gasteiger partial charge < -0.3 is 25.2 Å². The summed E-state index contributed by atoms with van der Waals surface area (Å²) in [4.78, 5) is 21.7. The van der Waals surface area contributed by atoms with Crippen LogP contribution in [0.3, 0.4) is 0 Å². The van der Waals surface area contributed by atoms with Gasteiger partial charge in [0.2, 0.25) is 0 Å². The maximum absolute atomic E-state index is 11.1. The van der Waals surface area contributed by atoms with E-state index >= 15 is 0 Å². The molecule has 88 valence electrons. The average molecular weight is 220 g/mol. The Balaban J connectivity index is 3.84. The number of rotatable bonds is 7. The summed E-state index contributed by atoms with van der Waals surface area (Å²) >= 11 is 0. The molecule has 0 fully saturated rings. The monoisotopic (exact) mass is 220 g/mol. The number of hydrogen-bond donors (Lipinski definition) is 3. The molecule has 0 bridgehead atoms. The Morgan fingerprint density at radius 2 is 2.00 bits per heavy atom. The van der Waals surface area contributed by atoms with Crippen LogP contribution in [0.25, 0.3) is 0 Å². The summed E-state index contributed by atoms with van der Waals surface area (Å²) in [6, 6.07) is -1.60. The summed E-state index contributed by atoms with van der Waals surface area (Å²) in [7, 11) is 2.87. The van der Waals surface area contributed by atoms with Gasteiger partial charge in [-0.15, -0.1) is 0 Å². The predicted molar refractivity (Wildman–Crippen MR) is 51.7 cm³/mol. The van der Waals surface area contributed by atoms with Crippen LogP contribution in [-0.4, -0.2) is 57.1 Å². The van der Waals surface area contributed by atoms with Gasteiger partial charge in [-0.3, -0.25) is 0 Å². The number of nitrogens with one attached hydrogen (secondary N) is 2. The lowest BCUT2D eigenvalue weighted by Gasteiger charge is -2.13. The predicted octanol–water partition coefficient (Wildman–Crippen LogP) is -0.968. The van der Waals surface area contributed by atoms with E-state index in [1.165, 1.54) is 14.2 Å². The third-order valence-corrected chi connectivity index (χ3v) is 1.53. The van der Waals surface area contributed by atoms with Crippen LogP contribution in [0.15, 0.2) is 0 Å². The summed E-state index contributed by atoms with van der Waals surface area (Å²) in [5.41, 5.74) is 0. The van der Waals surface area contributed by atoms with Gasteiger partial charge in [0.15, 0.2) is 6.04 Å². The van der Waals surface area contributed by atoms with Crippen LogP contribution < -0.4 is 10.6 Å². The maximum atomic E-state index is 11.1. The third-order valence-electron chi connectivity index (χ3n) is 1.53. The summed E-state index contributed by atoms with van der Waals surface area (Å²) in [5, 5.41) is 13.4. The molecule has 7 heteroatoms. The number of hydrogen-bond acceptors (Lipinski definition) is 4. The van der Waals surface area contributed by atoms with Crippen molar-refractivity contribution in [3.8, 4) is 0 Å². The number of carboxylic acid groups (broad SMARTS) is 1. The average Bonchev–Trinajstić information content (AvgIpc) is 2.17. The second-order valence-electron chi connectivity index (χ2n) is 2.74. The van der Waals surface area contributed by atoms with Gasteiger partial charge >= 0.3 is 12.0 Å². The van der Waals surface area contributed by atoms with Gasteiger partial charge in [0, 0.05) is 20.8 Å². The van der Waals surface area contributed by atoms with Gasteiger partial charge in [-0.25, -0.2) is 9.59 Å². The van der Waals surface area contributed by atoms with E-state index in [-0.39, 0.29) is 6.61 Å². The van der Waals surface area contributed by atoms with E-state index in [1.807, 2.05) is 0 Å². The van der Waals surface area contributed by atoms with E-state index < -0.39 is 18.0 Å². The Morgan fingerprint density at radius 3 is 2.47 bits per heavy atom. The Hall–Kier alpha value is -1.34. The zero-order valence-corrected chi connectivity index (χ0v) is 8.78. The molecule has 0 spiro atoms. The van der Waals surface area contributed by atoms with E-state index in [1.54, 1.807) is 0 Å². The molecule has 0 aromatic rings. The number of aliphatic carboxylic acids is 1. The number of carbonyl (C=O) groups is 2. The number of methoxy groups -OCH3 is 2. The zero-order valence-electron chi connectivity index (χ0n) is 8.78. The summed E-state index contributed by atoms with van der Waals surface area (Å²) in [6.45, 7) is 0.615. The van der Waals surface area contributed by atoms with Gasteiger partial charge in [0.05, 0.1) is 13.2 Å². The molecule has 0 saturated carbocycles. The minimum atomic E-state index is -1.14. The van der Waals surface area contributed by atoms with Crippen LogP contribution in [-0.2, 0) is 14.3 Å². The molecule has 1 atom stereocenters. The van der Waals surface area contributed by atoms with Crippen molar-refractivity contribution in [3.05, 3.63) is 0 Å². The molecule has 0 heterocycles. The molecule has 0 radical (unpaired) electrons. The fourth-order valence-electron chi connectivity index (χ4n) is 0.817. The molecule has 3 N–H and O–H groups in total. The number of amides is 2. The van der Waals surface area contributed by atoms with Gasteiger partial charge in [-0.1, -0.05) is 0 Å². The van der Waals surface area contributed by atoms with Crippen LogP contribution >= 0.6 is 0 Å². The first kappa shape index (κ1) is 13.7. The highest BCUT2D eigenvalue weighted by Crippen LogP contribution is 1.85. The lowest BCUT2D eigenvalue weighted by atomic mass is 10.3. The second-order valence-corrected chi connectivity index (χ2v) is 2.74. The molecular formula is C8H16N2O5. The summed E-state index contributed by atoms with van der Waals surface area (Å²) in [6.07, 6.45) is 0. The van der Waals surface area contributed by atoms with Crippen molar-refractivity contribution in [1.82, 2.24) is 10.6 Å². The number of carbonyl (C=O) groups excluding carboxylic acids is 1. The Kier molecular flexibility index (Phi) is 7.29. The molecule has 0 rings (SSSR count). The van der Waals surface area contributed by atoms with Gasteiger partial charge in [-0.2, -0.15) is 0 Å². The van der Waals surface area contributed by atoms with Crippen LogP contribution in [0.1, 0.15) is 0 Å². The number of ether oxygens (including phenoxy) is 2. The highest BCUT2D eigenvalue weighted by Gasteiger charge is 2.18. The normalized spacial score (nSPS) is 11.9. The minimum Gasteiger partial charge on any atom is -0.480 e. The van der Waals surface area contributed by atoms with E-state index in [0.29, 0.717) is 13.2 Å². The maximum Gasteiger partial charge on any atom is 0.328 e.